The van der Waals surface area contributed by atoms with E-state index in [1.807, 2.05) is 11.5 Å². The molecular weight excluding hydrogens is 184 g/mol. The monoisotopic (exact) mass is 196 g/mol. The molecule has 1 saturated heterocycles. The van der Waals surface area contributed by atoms with Crippen LogP contribution < -0.4 is 0 Å². The lowest BCUT2D eigenvalue weighted by molar-refractivity contribution is 0.0690. The first-order valence-electron chi connectivity index (χ1n) is 4.57. The highest BCUT2D eigenvalue weighted by molar-refractivity contribution is 5.84. The van der Waals surface area contributed by atoms with Gasteiger partial charge < -0.3 is 14.4 Å². The smallest absolute Gasteiger partial charge is 0.356 e. The first-order chi connectivity index (χ1) is 6.68. The molecule has 0 radical (unpaired) electrons. The first-order valence-corrected chi connectivity index (χ1v) is 4.57. The number of nitrogens with zero attached hydrogens (tertiary/aromatic N) is 2. The van der Waals surface area contributed by atoms with Gasteiger partial charge >= 0.3 is 5.97 Å². The molecular formula is C9H12N2O3. The minimum absolute atomic E-state index is 0.0871. The second-order valence-electron chi connectivity index (χ2n) is 3.44. The third-order valence-electron chi connectivity index (χ3n) is 2.54. The van der Waals surface area contributed by atoms with E-state index in [9.17, 15) is 4.79 Å². The fraction of sp³-hybridized carbons (Fsp3) is 0.556. The van der Waals surface area contributed by atoms with Crippen LogP contribution in [0.2, 0.25) is 0 Å². The Bertz CT molecular complexity index is 348. The third kappa shape index (κ3) is 1.50. The summed E-state index contributed by atoms with van der Waals surface area (Å²) in [6, 6.07) is 0.218. The lowest BCUT2D eigenvalue weighted by Crippen LogP contribution is -2.15. The molecule has 14 heavy (non-hydrogen) atoms. The largest absolute Gasteiger partial charge is 0.476 e. The molecule has 1 aromatic rings. The standard InChI is InChI=1S/C9H12N2O3/c1-6-8(2-3-14-6)11-4-7(9(12)13)10-5-11/h4-6,8H,2-3H2,1H3,(H,12,13). The molecule has 5 heteroatoms. The number of carboxylic acid groups (broad SMARTS) is 1. The van der Waals surface area contributed by atoms with Gasteiger partial charge in [0.1, 0.15) is 0 Å². The summed E-state index contributed by atoms with van der Waals surface area (Å²) in [5.74, 6) is -0.990. The lowest BCUT2D eigenvalue weighted by atomic mass is 10.1. The van der Waals surface area contributed by atoms with E-state index in [0.717, 1.165) is 13.0 Å². The van der Waals surface area contributed by atoms with E-state index in [4.69, 9.17) is 9.84 Å². The Hall–Kier alpha value is -1.36. The molecule has 0 spiro atoms. The van der Waals surface area contributed by atoms with Crippen LogP contribution in [0.5, 0.6) is 0 Å². The van der Waals surface area contributed by atoms with Gasteiger partial charge in [-0.2, -0.15) is 0 Å². The maximum Gasteiger partial charge on any atom is 0.356 e. The van der Waals surface area contributed by atoms with E-state index in [1.165, 1.54) is 0 Å². The van der Waals surface area contributed by atoms with E-state index >= 15 is 0 Å². The van der Waals surface area contributed by atoms with E-state index in [-0.39, 0.29) is 17.8 Å². The summed E-state index contributed by atoms with van der Waals surface area (Å²) in [5.41, 5.74) is 0.0871. The van der Waals surface area contributed by atoms with Gasteiger partial charge in [-0.1, -0.05) is 0 Å². The van der Waals surface area contributed by atoms with Crippen LogP contribution >= 0.6 is 0 Å². The van der Waals surface area contributed by atoms with E-state index < -0.39 is 5.97 Å². The van der Waals surface area contributed by atoms with Crippen molar-refractivity contribution < 1.29 is 14.6 Å². The highest BCUT2D eigenvalue weighted by atomic mass is 16.5. The Kier molecular flexibility index (Phi) is 2.25. The molecule has 2 atom stereocenters. The highest BCUT2D eigenvalue weighted by Crippen LogP contribution is 2.25. The Morgan fingerprint density at radius 3 is 3.07 bits per heavy atom. The molecule has 1 N–H and O–H groups in total. The van der Waals surface area contributed by atoms with E-state index in [0.29, 0.717) is 0 Å². The van der Waals surface area contributed by atoms with Gasteiger partial charge in [-0.05, 0) is 13.3 Å². The number of carboxylic acids is 1. The fourth-order valence-corrected chi connectivity index (χ4v) is 1.74. The topological polar surface area (TPSA) is 64.4 Å². The van der Waals surface area contributed by atoms with E-state index in [2.05, 4.69) is 4.98 Å². The lowest BCUT2D eigenvalue weighted by Gasteiger charge is -2.14. The van der Waals surface area contributed by atoms with Crippen LogP contribution in [-0.2, 0) is 4.74 Å². The predicted molar refractivity (Wildman–Crippen MR) is 48.3 cm³/mol. The maximum absolute atomic E-state index is 10.6. The highest BCUT2D eigenvalue weighted by Gasteiger charge is 2.26. The minimum Gasteiger partial charge on any atom is -0.476 e. The number of imidazole rings is 1. The van der Waals surface area contributed by atoms with Crippen LogP contribution in [0.1, 0.15) is 29.9 Å². The average Bonchev–Trinajstić information content (AvgIpc) is 2.71. The summed E-state index contributed by atoms with van der Waals surface area (Å²) < 4.78 is 7.21. The van der Waals surface area contributed by atoms with Crippen molar-refractivity contribution in [2.75, 3.05) is 6.61 Å². The first kappa shape index (κ1) is 9.21. The van der Waals surface area contributed by atoms with Crippen LogP contribution in [-0.4, -0.2) is 33.3 Å². The molecule has 2 unspecified atom stereocenters. The summed E-state index contributed by atoms with van der Waals surface area (Å²) in [7, 11) is 0. The number of hydrogen-bond acceptors (Lipinski definition) is 3. The molecule has 0 amide bonds. The summed E-state index contributed by atoms with van der Waals surface area (Å²) in [6.07, 6.45) is 4.15. The molecule has 0 bridgehead atoms. The number of aromatic nitrogens is 2. The SMILES string of the molecule is CC1OCCC1n1cnc(C(=O)O)c1. The van der Waals surface area contributed by atoms with Gasteiger partial charge in [-0.3, -0.25) is 0 Å². The molecule has 0 aromatic carbocycles. The summed E-state index contributed by atoms with van der Waals surface area (Å²) in [4.78, 5) is 14.4. The van der Waals surface area contributed by atoms with Gasteiger partial charge in [-0.15, -0.1) is 0 Å². The average molecular weight is 196 g/mol. The van der Waals surface area contributed by atoms with Gasteiger partial charge in [0.2, 0.25) is 0 Å². The zero-order valence-corrected chi connectivity index (χ0v) is 7.88. The molecule has 1 aliphatic rings. The maximum atomic E-state index is 10.6. The van der Waals surface area contributed by atoms with Gasteiger partial charge in [0.05, 0.1) is 18.5 Å². The quantitative estimate of drug-likeness (QED) is 0.764. The van der Waals surface area contributed by atoms with Crippen LogP contribution in [0.3, 0.4) is 0 Å². The number of ether oxygens (including phenoxy) is 1. The minimum atomic E-state index is -0.990. The molecule has 0 aliphatic carbocycles. The number of carbonyl (C=O) groups is 1. The zero-order chi connectivity index (χ0) is 10.1. The Morgan fingerprint density at radius 2 is 2.57 bits per heavy atom. The fourth-order valence-electron chi connectivity index (χ4n) is 1.74. The molecule has 2 heterocycles. The van der Waals surface area contributed by atoms with Crippen LogP contribution in [0, 0.1) is 0 Å². The van der Waals surface area contributed by atoms with Crippen molar-refractivity contribution in [2.45, 2.75) is 25.5 Å². The summed E-state index contributed by atoms with van der Waals surface area (Å²) >= 11 is 0. The van der Waals surface area contributed by atoms with Crippen LogP contribution in [0.4, 0.5) is 0 Å². The summed E-state index contributed by atoms with van der Waals surface area (Å²) in [6.45, 7) is 2.71. The van der Waals surface area contributed by atoms with E-state index in [1.54, 1.807) is 12.5 Å². The molecule has 1 aromatic heterocycles. The van der Waals surface area contributed by atoms with Crippen molar-refractivity contribution in [3.05, 3.63) is 18.2 Å². The summed E-state index contributed by atoms with van der Waals surface area (Å²) in [5, 5.41) is 8.70. The molecule has 5 nitrogen and oxygen atoms in total. The van der Waals surface area contributed by atoms with Crippen molar-refractivity contribution in [3.63, 3.8) is 0 Å². The van der Waals surface area contributed by atoms with Crippen LogP contribution in [0.15, 0.2) is 12.5 Å². The van der Waals surface area contributed by atoms with Gasteiger partial charge in [-0.25, -0.2) is 9.78 Å². The Balaban J connectivity index is 2.20. The predicted octanol–water partition coefficient (Wildman–Crippen LogP) is 0.931. The molecule has 1 fully saturated rings. The van der Waals surface area contributed by atoms with Crippen molar-refractivity contribution >= 4 is 5.97 Å². The molecule has 76 valence electrons. The molecule has 2 rings (SSSR count). The second-order valence-corrected chi connectivity index (χ2v) is 3.44. The third-order valence-corrected chi connectivity index (χ3v) is 2.54. The Labute approximate surface area is 81.3 Å². The number of aromatic carboxylic acids is 1. The molecule has 1 aliphatic heterocycles. The second kappa shape index (κ2) is 3.42. The van der Waals surface area contributed by atoms with Crippen molar-refractivity contribution in [1.29, 1.82) is 0 Å². The van der Waals surface area contributed by atoms with Gasteiger partial charge in [0.15, 0.2) is 5.69 Å². The normalized spacial score (nSPS) is 26.6. The van der Waals surface area contributed by atoms with Gasteiger partial charge in [0.25, 0.3) is 0 Å². The number of hydrogen-bond donors (Lipinski definition) is 1. The zero-order valence-electron chi connectivity index (χ0n) is 7.88. The van der Waals surface area contributed by atoms with Crippen LogP contribution in [0.25, 0.3) is 0 Å². The number of rotatable bonds is 2. The van der Waals surface area contributed by atoms with Crippen molar-refractivity contribution in [3.8, 4) is 0 Å². The van der Waals surface area contributed by atoms with Crippen molar-refractivity contribution in [2.24, 2.45) is 0 Å². The van der Waals surface area contributed by atoms with Crippen molar-refractivity contribution in [1.82, 2.24) is 9.55 Å². The Morgan fingerprint density at radius 1 is 1.79 bits per heavy atom. The van der Waals surface area contributed by atoms with Gasteiger partial charge in [0, 0.05) is 12.8 Å². The molecule has 0 saturated carbocycles.